The highest BCUT2D eigenvalue weighted by molar-refractivity contribution is 5.16. The molecule has 0 bridgehead atoms. The Morgan fingerprint density at radius 3 is 2.12 bits per heavy atom. The highest BCUT2D eigenvalue weighted by Crippen LogP contribution is 2.36. The van der Waals surface area contributed by atoms with E-state index in [-0.39, 0.29) is 0 Å². The molecule has 0 aromatic heterocycles. The van der Waals surface area contributed by atoms with Crippen LogP contribution < -0.4 is 5.32 Å². The van der Waals surface area contributed by atoms with Crippen molar-refractivity contribution in [3.05, 3.63) is 71.8 Å². The van der Waals surface area contributed by atoms with E-state index in [1.807, 2.05) is 0 Å². The normalized spacial score (nSPS) is 24.8. The Balaban J connectivity index is 1.41. The molecule has 26 heavy (non-hydrogen) atoms. The summed E-state index contributed by atoms with van der Waals surface area (Å²) in [6, 6.07) is 22.5. The Morgan fingerprint density at radius 2 is 1.42 bits per heavy atom. The third-order valence-electron chi connectivity index (χ3n) is 6.36. The number of nitrogens with zero attached hydrogens (tertiary/aromatic N) is 1. The van der Waals surface area contributed by atoms with Crippen LogP contribution in [0.25, 0.3) is 0 Å². The van der Waals surface area contributed by atoms with Crippen LogP contribution in [0.5, 0.6) is 0 Å². The molecule has 2 atom stereocenters. The number of likely N-dealkylation sites (tertiary alicyclic amines) is 1. The Bertz CT molecular complexity index is 648. The van der Waals surface area contributed by atoms with Crippen LogP contribution in [0.15, 0.2) is 60.7 Å². The highest BCUT2D eigenvalue weighted by Gasteiger charge is 2.37. The molecule has 1 aliphatic carbocycles. The topological polar surface area (TPSA) is 15.3 Å². The van der Waals surface area contributed by atoms with Crippen molar-refractivity contribution >= 4 is 0 Å². The Labute approximate surface area is 158 Å². The van der Waals surface area contributed by atoms with Gasteiger partial charge in [-0.2, -0.15) is 0 Å². The molecular formula is C24H32N2. The maximum atomic E-state index is 3.92. The quantitative estimate of drug-likeness (QED) is 0.802. The summed E-state index contributed by atoms with van der Waals surface area (Å²) in [5.74, 6) is 1.72. The van der Waals surface area contributed by atoms with E-state index in [2.05, 4.69) is 70.9 Å². The van der Waals surface area contributed by atoms with Crippen molar-refractivity contribution in [1.82, 2.24) is 10.2 Å². The summed E-state index contributed by atoms with van der Waals surface area (Å²) in [5.41, 5.74) is 2.84. The first-order chi connectivity index (χ1) is 12.9. The fourth-order valence-electron chi connectivity index (χ4n) is 4.98. The van der Waals surface area contributed by atoms with Crippen LogP contribution in [0.3, 0.4) is 0 Å². The summed E-state index contributed by atoms with van der Waals surface area (Å²) in [6.45, 7) is 4.52. The van der Waals surface area contributed by atoms with Gasteiger partial charge in [0, 0.05) is 32.2 Å². The summed E-state index contributed by atoms with van der Waals surface area (Å²) >= 11 is 0. The number of rotatable bonds is 6. The smallest absolute Gasteiger partial charge is 0.0241 e. The maximum absolute atomic E-state index is 3.92. The number of hydrogen-bond donors (Lipinski definition) is 1. The van der Waals surface area contributed by atoms with Gasteiger partial charge in [0.2, 0.25) is 0 Å². The lowest BCUT2D eigenvalue weighted by molar-refractivity contribution is 0.217. The van der Waals surface area contributed by atoms with Gasteiger partial charge >= 0.3 is 0 Å². The molecule has 2 aromatic carbocycles. The van der Waals surface area contributed by atoms with E-state index in [1.165, 1.54) is 56.3 Å². The number of nitrogens with one attached hydrogen (secondary N) is 1. The molecule has 1 N–H and O–H groups in total. The second-order valence-corrected chi connectivity index (χ2v) is 8.21. The Hall–Kier alpha value is -1.64. The number of benzene rings is 2. The molecule has 2 heteroatoms. The third kappa shape index (κ3) is 4.55. The summed E-state index contributed by atoms with van der Waals surface area (Å²) < 4.78 is 0. The molecule has 0 radical (unpaired) electrons. The molecule has 1 saturated heterocycles. The van der Waals surface area contributed by atoms with Gasteiger partial charge < -0.3 is 5.32 Å². The molecule has 0 amide bonds. The molecule has 0 unspecified atom stereocenters. The van der Waals surface area contributed by atoms with Gasteiger partial charge in [-0.25, -0.2) is 0 Å². The lowest BCUT2D eigenvalue weighted by Gasteiger charge is -2.31. The van der Waals surface area contributed by atoms with Crippen LogP contribution in [-0.4, -0.2) is 24.0 Å². The molecule has 2 nitrogen and oxygen atoms in total. The second-order valence-electron chi connectivity index (χ2n) is 8.21. The van der Waals surface area contributed by atoms with Crippen molar-refractivity contribution in [3.63, 3.8) is 0 Å². The van der Waals surface area contributed by atoms with E-state index >= 15 is 0 Å². The second kappa shape index (κ2) is 8.83. The molecule has 2 aliphatic rings. The molecule has 2 fully saturated rings. The van der Waals surface area contributed by atoms with Gasteiger partial charge in [-0.1, -0.05) is 92.8 Å². The maximum Gasteiger partial charge on any atom is 0.0241 e. The van der Waals surface area contributed by atoms with Crippen LogP contribution in [0.2, 0.25) is 0 Å². The average molecular weight is 349 g/mol. The zero-order valence-corrected chi connectivity index (χ0v) is 15.8. The van der Waals surface area contributed by atoms with Crippen molar-refractivity contribution in [2.24, 2.45) is 11.8 Å². The van der Waals surface area contributed by atoms with E-state index in [4.69, 9.17) is 0 Å². The summed E-state index contributed by atoms with van der Waals surface area (Å²) in [6.07, 6.45) is 7.19. The van der Waals surface area contributed by atoms with E-state index in [9.17, 15) is 0 Å². The molecular weight excluding hydrogens is 316 g/mol. The lowest BCUT2D eigenvalue weighted by Crippen LogP contribution is -2.39. The standard InChI is InChI=1S/C24H32N2/c1-4-10-20(11-5-1)16-25-24-19-26(17-21-12-6-2-7-13-21)18-23(24)22-14-8-3-9-15-22/h1-2,4-7,10-13,22-25H,3,8-9,14-19H2/t23-,24+/m0/s1. The first-order valence-corrected chi connectivity index (χ1v) is 10.4. The van der Waals surface area contributed by atoms with E-state index in [0.717, 1.165) is 24.9 Å². The Kier molecular flexibility index (Phi) is 6.03. The minimum absolute atomic E-state index is 0.627. The molecule has 1 aliphatic heterocycles. The first kappa shape index (κ1) is 17.8. The average Bonchev–Trinajstić information content (AvgIpc) is 3.11. The van der Waals surface area contributed by atoms with E-state index in [1.54, 1.807) is 0 Å². The van der Waals surface area contributed by atoms with Crippen LogP contribution in [0, 0.1) is 11.8 Å². The van der Waals surface area contributed by atoms with Gasteiger partial charge in [0.05, 0.1) is 0 Å². The largest absolute Gasteiger partial charge is 0.308 e. The SMILES string of the molecule is c1ccc(CN[C@@H]2CN(Cc3ccccc3)C[C@H]2C2CCCCC2)cc1. The van der Waals surface area contributed by atoms with Crippen molar-refractivity contribution in [1.29, 1.82) is 0 Å². The third-order valence-corrected chi connectivity index (χ3v) is 6.36. The van der Waals surface area contributed by atoms with Gasteiger partial charge in [-0.15, -0.1) is 0 Å². The predicted molar refractivity (Wildman–Crippen MR) is 109 cm³/mol. The zero-order chi connectivity index (χ0) is 17.6. The van der Waals surface area contributed by atoms with Crippen LogP contribution in [0.4, 0.5) is 0 Å². The summed E-state index contributed by atoms with van der Waals surface area (Å²) in [7, 11) is 0. The first-order valence-electron chi connectivity index (χ1n) is 10.4. The van der Waals surface area contributed by atoms with Crippen LogP contribution >= 0.6 is 0 Å². The van der Waals surface area contributed by atoms with Crippen molar-refractivity contribution < 1.29 is 0 Å². The molecule has 2 aromatic rings. The lowest BCUT2D eigenvalue weighted by atomic mass is 9.78. The van der Waals surface area contributed by atoms with Crippen molar-refractivity contribution in [3.8, 4) is 0 Å². The predicted octanol–water partition coefficient (Wildman–Crippen LogP) is 4.86. The monoisotopic (exact) mass is 348 g/mol. The van der Waals surface area contributed by atoms with E-state index < -0.39 is 0 Å². The highest BCUT2D eigenvalue weighted by atomic mass is 15.2. The summed E-state index contributed by atoms with van der Waals surface area (Å²) in [4.78, 5) is 2.68. The fraction of sp³-hybridized carbons (Fsp3) is 0.500. The molecule has 1 saturated carbocycles. The fourth-order valence-corrected chi connectivity index (χ4v) is 4.98. The van der Waals surface area contributed by atoms with Gasteiger partial charge in [0.15, 0.2) is 0 Å². The molecule has 1 heterocycles. The minimum atomic E-state index is 0.627. The zero-order valence-electron chi connectivity index (χ0n) is 15.8. The van der Waals surface area contributed by atoms with Gasteiger partial charge in [-0.3, -0.25) is 4.90 Å². The van der Waals surface area contributed by atoms with E-state index in [0.29, 0.717) is 6.04 Å². The van der Waals surface area contributed by atoms with Crippen molar-refractivity contribution in [2.45, 2.75) is 51.2 Å². The number of hydrogen-bond acceptors (Lipinski definition) is 2. The van der Waals surface area contributed by atoms with Gasteiger partial charge in [0.1, 0.15) is 0 Å². The molecule has 0 spiro atoms. The Morgan fingerprint density at radius 1 is 0.769 bits per heavy atom. The molecule has 4 rings (SSSR count). The van der Waals surface area contributed by atoms with Crippen LogP contribution in [-0.2, 0) is 13.1 Å². The van der Waals surface area contributed by atoms with Gasteiger partial charge in [-0.05, 0) is 23.0 Å². The molecule has 138 valence electrons. The van der Waals surface area contributed by atoms with Gasteiger partial charge in [0.25, 0.3) is 0 Å². The summed E-state index contributed by atoms with van der Waals surface area (Å²) in [5, 5.41) is 3.92. The minimum Gasteiger partial charge on any atom is -0.308 e. The van der Waals surface area contributed by atoms with Crippen molar-refractivity contribution in [2.75, 3.05) is 13.1 Å². The van der Waals surface area contributed by atoms with Crippen LogP contribution in [0.1, 0.15) is 43.2 Å².